The Morgan fingerprint density at radius 2 is 2.15 bits per heavy atom. The molecule has 0 saturated heterocycles. The summed E-state index contributed by atoms with van der Waals surface area (Å²) in [7, 11) is 1.67. The normalized spacial score (nSPS) is 11.0. The van der Waals surface area contributed by atoms with Crippen LogP contribution in [0, 0.1) is 0 Å². The van der Waals surface area contributed by atoms with E-state index < -0.39 is 0 Å². The molecule has 0 saturated carbocycles. The summed E-state index contributed by atoms with van der Waals surface area (Å²) in [6.07, 6.45) is 0. The third-order valence-electron chi connectivity index (χ3n) is 2.29. The van der Waals surface area contributed by atoms with Gasteiger partial charge in [0.15, 0.2) is 5.96 Å². The van der Waals surface area contributed by atoms with Gasteiger partial charge in [0.2, 0.25) is 0 Å². The molecule has 116 valence electrons. The van der Waals surface area contributed by atoms with Crippen molar-refractivity contribution in [3.63, 3.8) is 0 Å². The highest BCUT2D eigenvalue weighted by Gasteiger charge is 1.97. The standard InChI is InChI=1S/C13H23N3O2S.HI/c1-3-14-13(15-6-7-18-9-8-17-2)16-11-12-5-4-10-19-12;/h4-5,10H,3,6-9,11H2,1-2H3,(H2,14,15,16);1H. The van der Waals surface area contributed by atoms with E-state index in [1.54, 1.807) is 18.4 Å². The Balaban J connectivity index is 0.00000361. The number of halogens is 1. The Hall–Kier alpha value is -0.380. The SMILES string of the molecule is CCNC(=NCc1cccs1)NCCOCCOC.I. The van der Waals surface area contributed by atoms with E-state index >= 15 is 0 Å². The minimum atomic E-state index is 0. The molecule has 1 aromatic rings. The van der Waals surface area contributed by atoms with Gasteiger partial charge in [-0.1, -0.05) is 6.07 Å². The summed E-state index contributed by atoms with van der Waals surface area (Å²) in [4.78, 5) is 5.77. The first kappa shape index (κ1) is 19.6. The smallest absolute Gasteiger partial charge is 0.191 e. The molecule has 20 heavy (non-hydrogen) atoms. The van der Waals surface area contributed by atoms with E-state index in [-0.39, 0.29) is 24.0 Å². The molecule has 0 aromatic carbocycles. The third-order valence-corrected chi connectivity index (χ3v) is 3.15. The molecule has 0 aliphatic carbocycles. The van der Waals surface area contributed by atoms with Crippen molar-refractivity contribution in [1.29, 1.82) is 0 Å². The molecule has 0 fully saturated rings. The number of ether oxygens (including phenoxy) is 2. The van der Waals surface area contributed by atoms with Crippen LogP contribution < -0.4 is 10.6 Å². The van der Waals surface area contributed by atoms with E-state index in [0.29, 0.717) is 26.4 Å². The topological polar surface area (TPSA) is 54.9 Å². The van der Waals surface area contributed by atoms with Gasteiger partial charge in [0.1, 0.15) is 0 Å². The van der Waals surface area contributed by atoms with Gasteiger partial charge in [-0.15, -0.1) is 35.3 Å². The molecular formula is C13H24IN3O2S. The first-order valence-electron chi connectivity index (χ1n) is 6.48. The number of nitrogens with zero attached hydrogens (tertiary/aromatic N) is 1. The van der Waals surface area contributed by atoms with Crippen molar-refractivity contribution in [2.45, 2.75) is 13.5 Å². The first-order chi connectivity index (χ1) is 9.36. The van der Waals surface area contributed by atoms with Gasteiger partial charge in [-0.3, -0.25) is 0 Å². The average Bonchev–Trinajstić information content (AvgIpc) is 2.93. The van der Waals surface area contributed by atoms with Gasteiger partial charge < -0.3 is 20.1 Å². The Bertz CT molecular complexity index is 347. The highest BCUT2D eigenvalue weighted by Crippen LogP contribution is 2.09. The van der Waals surface area contributed by atoms with Crippen molar-refractivity contribution in [2.24, 2.45) is 4.99 Å². The van der Waals surface area contributed by atoms with Gasteiger partial charge in [0.05, 0.1) is 26.4 Å². The van der Waals surface area contributed by atoms with Gasteiger partial charge in [0, 0.05) is 25.1 Å². The second-order valence-corrected chi connectivity index (χ2v) is 4.84. The molecule has 0 aliphatic heterocycles. The van der Waals surface area contributed by atoms with E-state index in [0.717, 1.165) is 19.0 Å². The number of hydrogen-bond acceptors (Lipinski definition) is 4. The van der Waals surface area contributed by atoms with Crippen molar-refractivity contribution in [3.8, 4) is 0 Å². The Morgan fingerprint density at radius 3 is 2.80 bits per heavy atom. The van der Waals surface area contributed by atoms with Crippen LogP contribution in [0.1, 0.15) is 11.8 Å². The second-order valence-electron chi connectivity index (χ2n) is 3.81. The lowest BCUT2D eigenvalue weighted by Crippen LogP contribution is -2.39. The van der Waals surface area contributed by atoms with Crippen molar-refractivity contribution in [3.05, 3.63) is 22.4 Å². The van der Waals surface area contributed by atoms with E-state index in [1.807, 2.05) is 6.07 Å². The maximum absolute atomic E-state index is 5.38. The van der Waals surface area contributed by atoms with Crippen LogP contribution in [-0.2, 0) is 16.0 Å². The number of aliphatic imine (C=N–C) groups is 1. The molecule has 0 radical (unpaired) electrons. The van der Waals surface area contributed by atoms with Crippen LogP contribution in [0.15, 0.2) is 22.5 Å². The van der Waals surface area contributed by atoms with Crippen LogP contribution in [0.25, 0.3) is 0 Å². The zero-order valence-corrected chi connectivity index (χ0v) is 15.2. The molecule has 1 rings (SSSR count). The van der Waals surface area contributed by atoms with Crippen molar-refractivity contribution in [1.82, 2.24) is 10.6 Å². The Labute approximate surface area is 142 Å². The van der Waals surface area contributed by atoms with Crippen LogP contribution in [0.4, 0.5) is 0 Å². The molecule has 5 nitrogen and oxygen atoms in total. The fourth-order valence-electron chi connectivity index (χ4n) is 1.39. The van der Waals surface area contributed by atoms with Crippen LogP contribution in [0.5, 0.6) is 0 Å². The van der Waals surface area contributed by atoms with Gasteiger partial charge in [-0.2, -0.15) is 0 Å². The lowest BCUT2D eigenvalue weighted by molar-refractivity contribution is 0.0733. The van der Waals surface area contributed by atoms with Crippen LogP contribution in [-0.4, -0.2) is 46.0 Å². The number of thiophene rings is 1. The van der Waals surface area contributed by atoms with E-state index in [9.17, 15) is 0 Å². The number of rotatable bonds is 9. The molecule has 0 bridgehead atoms. The summed E-state index contributed by atoms with van der Waals surface area (Å²) in [6.45, 7) is 6.25. The maximum atomic E-state index is 5.38. The summed E-state index contributed by atoms with van der Waals surface area (Å²) in [5.74, 6) is 0.825. The van der Waals surface area contributed by atoms with E-state index in [2.05, 4.69) is 34.0 Å². The average molecular weight is 413 g/mol. The fraction of sp³-hybridized carbons (Fsp3) is 0.615. The van der Waals surface area contributed by atoms with Gasteiger partial charge >= 0.3 is 0 Å². The molecule has 1 heterocycles. The maximum Gasteiger partial charge on any atom is 0.191 e. The Kier molecular flexibility index (Phi) is 13.3. The largest absolute Gasteiger partial charge is 0.382 e. The number of methoxy groups -OCH3 is 1. The van der Waals surface area contributed by atoms with Crippen LogP contribution >= 0.6 is 35.3 Å². The number of hydrogen-bond donors (Lipinski definition) is 2. The van der Waals surface area contributed by atoms with Crippen molar-refractivity contribution < 1.29 is 9.47 Å². The van der Waals surface area contributed by atoms with Gasteiger partial charge in [0.25, 0.3) is 0 Å². The van der Waals surface area contributed by atoms with Crippen molar-refractivity contribution >= 4 is 41.3 Å². The van der Waals surface area contributed by atoms with Crippen LogP contribution in [0.2, 0.25) is 0 Å². The lowest BCUT2D eigenvalue weighted by Gasteiger charge is -2.11. The highest BCUT2D eigenvalue weighted by atomic mass is 127. The highest BCUT2D eigenvalue weighted by molar-refractivity contribution is 14.0. The summed E-state index contributed by atoms with van der Waals surface area (Å²) >= 11 is 1.72. The predicted molar refractivity (Wildman–Crippen MR) is 95.2 cm³/mol. The first-order valence-corrected chi connectivity index (χ1v) is 7.36. The van der Waals surface area contributed by atoms with Gasteiger partial charge in [-0.05, 0) is 18.4 Å². The molecule has 7 heteroatoms. The minimum absolute atomic E-state index is 0. The molecule has 1 aromatic heterocycles. The summed E-state index contributed by atoms with van der Waals surface area (Å²) in [6, 6.07) is 4.13. The predicted octanol–water partition coefficient (Wildman–Crippen LogP) is 2.08. The number of guanidine groups is 1. The number of nitrogens with one attached hydrogen (secondary N) is 2. The minimum Gasteiger partial charge on any atom is -0.382 e. The fourth-order valence-corrected chi connectivity index (χ4v) is 2.02. The summed E-state index contributed by atoms with van der Waals surface area (Å²) < 4.78 is 10.3. The molecular weight excluding hydrogens is 389 g/mol. The van der Waals surface area contributed by atoms with E-state index in [1.165, 1.54) is 4.88 Å². The summed E-state index contributed by atoms with van der Waals surface area (Å²) in [5, 5.41) is 8.51. The van der Waals surface area contributed by atoms with E-state index in [4.69, 9.17) is 9.47 Å². The Morgan fingerprint density at radius 1 is 1.30 bits per heavy atom. The third kappa shape index (κ3) is 9.51. The zero-order chi connectivity index (χ0) is 13.8. The quantitative estimate of drug-likeness (QED) is 0.282. The van der Waals surface area contributed by atoms with Gasteiger partial charge in [-0.25, -0.2) is 4.99 Å². The summed E-state index contributed by atoms with van der Waals surface area (Å²) in [5.41, 5.74) is 0. The molecule has 0 atom stereocenters. The molecule has 0 amide bonds. The van der Waals surface area contributed by atoms with Crippen molar-refractivity contribution in [2.75, 3.05) is 40.0 Å². The molecule has 2 N–H and O–H groups in total. The monoisotopic (exact) mass is 413 g/mol. The molecule has 0 unspecified atom stereocenters. The second kappa shape index (κ2) is 13.6. The molecule has 0 spiro atoms. The molecule has 0 aliphatic rings. The lowest BCUT2D eigenvalue weighted by atomic mass is 10.5. The zero-order valence-electron chi connectivity index (χ0n) is 12.1. The van der Waals surface area contributed by atoms with Crippen LogP contribution in [0.3, 0.4) is 0 Å².